The molecule has 12 heteroatoms. The molecule has 1 aromatic heterocycles. The number of nitrogens with zero attached hydrogens (tertiary/aromatic N) is 2. The summed E-state index contributed by atoms with van der Waals surface area (Å²) >= 11 is 0. The number of hydrogen-bond donors (Lipinski definition) is 1. The van der Waals surface area contributed by atoms with Crippen molar-refractivity contribution in [3.63, 3.8) is 0 Å². The van der Waals surface area contributed by atoms with Crippen LogP contribution in [0.2, 0.25) is 0 Å². The molecular formula is C16H13F6N3O2S. The molecule has 1 N–H and O–H groups in total. The normalized spacial score (nSPS) is 15.5. The SMILES string of the molecule is Cc1nc(NS(=O)(=O)c2cc(C(F)(F)F)cc(C(F)(F)F)c2)cc(C2CC2)n1. The molecule has 152 valence electrons. The minimum atomic E-state index is -5.16. The molecule has 1 fully saturated rings. The summed E-state index contributed by atoms with van der Waals surface area (Å²) in [5, 5.41) is 0. The molecule has 0 bridgehead atoms. The van der Waals surface area contributed by atoms with E-state index in [1.54, 1.807) is 0 Å². The molecule has 2 aromatic rings. The van der Waals surface area contributed by atoms with Gasteiger partial charge in [-0.1, -0.05) is 0 Å². The van der Waals surface area contributed by atoms with E-state index in [4.69, 9.17) is 0 Å². The van der Waals surface area contributed by atoms with Crippen LogP contribution in [-0.4, -0.2) is 18.4 Å². The largest absolute Gasteiger partial charge is 0.416 e. The maximum atomic E-state index is 12.9. The molecule has 1 saturated carbocycles. The van der Waals surface area contributed by atoms with Crippen LogP contribution in [0.5, 0.6) is 0 Å². The fourth-order valence-corrected chi connectivity index (χ4v) is 3.57. The number of sulfonamides is 1. The Morgan fingerprint density at radius 1 is 0.929 bits per heavy atom. The maximum absolute atomic E-state index is 12.9. The molecular weight excluding hydrogens is 412 g/mol. The Balaban J connectivity index is 2.04. The van der Waals surface area contributed by atoms with Gasteiger partial charge in [0, 0.05) is 17.7 Å². The summed E-state index contributed by atoms with van der Waals surface area (Å²) < 4.78 is 105. The van der Waals surface area contributed by atoms with Gasteiger partial charge in [0.25, 0.3) is 10.0 Å². The van der Waals surface area contributed by atoms with E-state index in [0.717, 1.165) is 12.8 Å². The van der Waals surface area contributed by atoms with Crippen molar-refractivity contribution in [1.82, 2.24) is 9.97 Å². The van der Waals surface area contributed by atoms with Crippen LogP contribution in [0.3, 0.4) is 0 Å². The van der Waals surface area contributed by atoms with Crippen molar-refractivity contribution in [2.24, 2.45) is 0 Å². The number of hydrogen-bond acceptors (Lipinski definition) is 4. The van der Waals surface area contributed by atoms with Crippen LogP contribution in [0.15, 0.2) is 29.2 Å². The molecule has 0 unspecified atom stereocenters. The van der Waals surface area contributed by atoms with Gasteiger partial charge in [0.2, 0.25) is 0 Å². The van der Waals surface area contributed by atoms with E-state index < -0.39 is 38.4 Å². The Morgan fingerprint density at radius 2 is 1.46 bits per heavy atom. The third-order valence-electron chi connectivity index (χ3n) is 3.96. The first-order valence-corrected chi connectivity index (χ1v) is 9.42. The third kappa shape index (κ3) is 4.54. The monoisotopic (exact) mass is 425 g/mol. The van der Waals surface area contributed by atoms with Crippen LogP contribution in [0.1, 0.15) is 41.4 Å². The van der Waals surface area contributed by atoms with Crippen LogP contribution in [0.4, 0.5) is 32.2 Å². The smallest absolute Gasteiger partial charge is 0.263 e. The Labute approximate surface area is 155 Å². The van der Waals surface area contributed by atoms with Crippen molar-refractivity contribution in [2.45, 2.75) is 42.9 Å². The van der Waals surface area contributed by atoms with Crippen molar-refractivity contribution in [3.05, 3.63) is 46.9 Å². The first-order valence-electron chi connectivity index (χ1n) is 7.93. The van der Waals surface area contributed by atoms with Crippen molar-refractivity contribution >= 4 is 15.8 Å². The summed E-state index contributed by atoms with van der Waals surface area (Å²) in [5.41, 5.74) is -2.88. The molecule has 0 amide bonds. The van der Waals surface area contributed by atoms with Gasteiger partial charge in [0.1, 0.15) is 11.6 Å². The standard InChI is InChI=1S/C16H13F6N3O2S/c1-8-23-13(9-2-3-9)7-14(24-8)25-28(26,27)12-5-10(15(17,18)19)4-11(6-12)16(20,21)22/h4-7,9H,2-3H2,1H3,(H,23,24,25). The molecule has 0 aliphatic heterocycles. The van der Waals surface area contributed by atoms with E-state index >= 15 is 0 Å². The van der Waals surface area contributed by atoms with Gasteiger partial charge in [-0.15, -0.1) is 0 Å². The summed E-state index contributed by atoms with van der Waals surface area (Å²) in [6, 6.07) is 1.47. The van der Waals surface area contributed by atoms with Gasteiger partial charge in [-0.25, -0.2) is 18.4 Å². The van der Waals surface area contributed by atoms with E-state index in [2.05, 4.69) is 9.97 Å². The molecule has 0 saturated heterocycles. The number of rotatable bonds is 4. The maximum Gasteiger partial charge on any atom is 0.416 e. The molecule has 3 rings (SSSR count). The van der Waals surface area contributed by atoms with Gasteiger partial charge < -0.3 is 0 Å². The summed E-state index contributed by atoms with van der Waals surface area (Å²) in [4.78, 5) is 6.83. The molecule has 0 atom stereocenters. The van der Waals surface area contributed by atoms with E-state index in [0.29, 0.717) is 5.69 Å². The fourth-order valence-electron chi connectivity index (χ4n) is 2.51. The third-order valence-corrected chi connectivity index (χ3v) is 5.30. The minimum Gasteiger partial charge on any atom is -0.263 e. The number of nitrogens with one attached hydrogen (secondary N) is 1. The predicted molar refractivity (Wildman–Crippen MR) is 86.0 cm³/mol. The van der Waals surface area contributed by atoms with Crippen molar-refractivity contribution < 1.29 is 34.8 Å². The lowest BCUT2D eigenvalue weighted by Crippen LogP contribution is -2.18. The second-order valence-corrected chi connectivity index (χ2v) is 8.03. The molecule has 1 aliphatic carbocycles. The first-order chi connectivity index (χ1) is 12.8. The van der Waals surface area contributed by atoms with Crippen LogP contribution >= 0.6 is 0 Å². The highest BCUT2D eigenvalue weighted by Gasteiger charge is 2.38. The van der Waals surface area contributed by atoms with Gasteiger partial charge in [-0.2, -0.15) is 26.3 Å². The number of anilines is 1. The molecule has 1 heterocycles. The highest BCUT2D eigenvalue weighted by molar-refractivity contribution is 7.92. The van der Waals surface area contributed by atoms with Crippen LogP contribution < -0.4 is 4.72 Å². The quantitative estimate of drug-likeness (QED) is 0.733. The minimum absolute atomic E-state index is 0.135. The number of alkyl halides is 6. The van der Waals surface area contributed by atoms with Crippen molar-refractivity contribution in [2.75, 3.05) is 4.72 Å². The highest BCUT2D eigenvalue weighted by atomic mass is 32.2. The summed E-state index contributed by atoms with van der Waals surface area (Å²) in [6.07, 6.45) is -8.61. The number of aryl methyl sites for hydroxylation is 1. The lowest BCUT2D eigenvalue weighted by atomic mass is 10.1. The van der Waals surface area contributed by atoms with Crippen LogP contribution in [0.25, 0.3) is 0 Å². The lowest BCUT2D eigenvalue weighted by Gasteiger charge is -2.15. The molecule has 28 heavy (non-hydrogen) atoms. The Bertz CT molecular complexity index is 982. The average Bonchev–Trinajstić information content (AvgIpc) is 3.36. The second kappa shape index (κ2) is 6.61. The zero-order valence-electron chi connectivity index (χ0n) is 14.2. The van der Waals surface area contributed by atoms with Gasteiger partial charge in [0.05, 0.1) is 16.0 Å². The van der Waals surface area contributed by atoms with Gasteiger partial charge in [-0.3, -0.25) is 4.72 Å². The van der Waals surface area contributed by atoms with Gasteiger partial charge in [0.15, 0.2) is 0 Å². The van der Waals surface area contributed by atoms with Crippen molar-refractivity contribution in [1.29, 1.82) is 0 Å². The van der Waals surface area contributed by atoms with E-state index in [-0.39, 0.29) is 35.8 Å². The summed E-state index contributed by atoms with van der Waals surface area (Å²) in [6.45, 7) is 1.50. The summed E-state index contributed by atoms with van der Waals surface area (Å²) in [7, 11) is -4.76. The molecule has 1 aliphatic rings. The molecule has 5 nitrogen and oxygen atoms in total. The van der Waals surface area contributed by atoms with Gasteiger partial charge in [-0.05, 0) is 38.0 Å². The van der Waals surface area contributed by atoms with E-state index in [1.807, 2.05) is 4.72 Å². The molecule has 0 spiro atoms. The van der Waals surface area contributed by atoms with E-state index in [1.165, 1.54) is 13.0 Å². The molecule has 1 aromatic carbocycles. The first kappa shape index (κ1) is 20.4. The zero-order valence-corrected chi connectivity index (χ0v) is 15.0. The zero-order chi connectivity index (χ0) is 20.9. The van der Waals surface area contributed by atoms with Crippen LogP contribution in [-0.2, 0) is 22.4 Å². The van der Waals surface area contributed by atoms with Gasteiger partial charge >= 0.3 is 12.4 Å². The van der Waals surface area contributed by atoms with Crippen LogP contribution in [0, 0.1) is 6.92 Å². The summed E-state index contributed by atoms with van der Waals surface area (Å²) in [5.74, 6) is 0.137. The fraction of sp³-hybridized carbons (Fsp3) is 0.375. The Hall–Kier alpha value is -2.37. The number of halogens is 6. The topological polar surface area (TPSA) is 72.0 Å². The average molecular weight is 425 g/mol. The lowest BCUT2D eigenvalue weighted by molar-refractivity contribution is -0.143. The number of aromatic nitrogens is 2. The highest BCUT2D eigenvalue weighted by Crippen LogP contribution is 2.40. The Kier molecular flexibility index (Phi) is 4.80. The Morgan fingerprint density at radius 3 is 1.93 bits per heavy atom. The van der Waals surface area contributed by atoms with Crippen molar-refractivity contribution in [3.8, 4) is 0 Å². The molecule has 0 radical (unpaired) electrons. The van der Waals surface area contributed by atoms with E-state index in [9.17, 15) is 34.8 Å². The number of benzene rings is 1. The second-order valence-electron chi connectivity index (χ2n) is 6.35. The predicted octanol–water partition coefficient (Wildman–Crippen LogP) is 4.50.